The number of non-ortho nitro benzene ring substituents is 1. The molecule has 1 amide bonds. The fraction of sp³-hybridized carbons (Fsp3) is 0.417. The van der Waals surface area contributed by atoms with E-state index in [1.54, 1.807) is 4.90 Å². The van der Waals surface area contributed by atoms with Gasteiger partial charge in [0.15, 0.2) is 0 Å². The molecule has 0 radical (unpaired) electrons. The molecule has 0 spiro atoms. The highest BCUT2D eigenvalue weighted by molar-refractivity contribution is 6.33. The Morgan fingerprint density at radius 2 is 2.28 bits per heavy atom. The molecule has 2 rings (SSSR count). The van der Waals surface area contributed by atoms with Gasteiger partial charge in [-0.15, -0.1) is 0 Å². The van der Waals surface area contributed by atoms with E-state index in [9.17, 15) is 14.9 Å². The summed E-state index contributed by atoms with van der Waals surface area (Å²) in [6.45, 7) is 2.65. The van der Waals surface area contributed by atoms with E-state index in [-0.39, 0.29) is 28.2 Å². The van der Waals surface area contributed by atoms with Crippen molar-refractivity contribution >= 4 is 23.2 Å². The van der Waals surface area contributed by atoms with Gasteiger partial charge >= 0.3 is 0 Å². The molecule has 0 aromatic heterocycles. The van der Waals surface area contributed by atoms with Gasteiger partial charge in [-0.25, -0.2) is 0 Å². The highest BCUT2D eigenvalue weighted by Crippen LogP contribution is 2.26. The van der Waals surface area contributed by atoms with Crippen molar-refractivity contribution in [1.29, 1.82) is 0 Å². The van der Waals surface area contributed by atoms with Crippen LogP contribution in [0.2, 0.25) is 5.02 Å². The molecule has 1 aliphatic rings. The smallest absolute Gasteiger partial charge is 0.270 e. The molecule has 6 heteroatoms. The number of amides is 1. The third kappa shape index (κ3) is 2.31. The van der Waals surface area contributed by atoms with Crippen LogP contribution in [0.1, 0.15) is 30.1 Å². The SMILES string of the molecule is CC1CCCN1C(=O)c1cc([N+](=O)[O-])ccc1Cl. The number of hydrogen-bond acceptors (Lipinski definition) is 3. The summed E-state index contributed by atoms with van der Waals surface area (Å²) >= 11 is 5.95. The minimum Gasteiger partial charge on any atom is -0.336 e. The van der Waals surface area contributed by atoms with Crippen molar-refractivity contribution in [2.24, 2.45) is 0 Å². The van der Waals surface area contributed by atoms with Gasteiger partial charge in [-0.2, -0.15) is 0 Å². The number of nitrogens with zero attached hydrogens (tertiary/aromatic N) is 2. The van der Waals surface area contributed by atoms with Crippen LogP contribution in [0.5, 0.6) is 0 Å². The van der Waals surface area contributed by atoms with Crippen molar-refractivity contribution in [3.05, 3.63) is 38.9 Å². The molecular formula is C12H13ClN2O3. The lowest BCUT2D eigenvalue weighted by atomic mass is 10.1. The lowest BCUT2D eigenvalue weighted by molar-refractivity contribution is -0.384. The number of carbonyl (C=O) groups is 1. The summed E-state index contributed by atoms with van der Waals surface area (Å²) in [6.07, 6.45) is 1.91. The maximum atomic E-state index is 12.3. The minimum atomic E-state index is -0.527. The van der Waals surface area contributed by atoms with Gasteiger partial charge in [-0.05, 0) is 25.8 Å². The van der Waals surface area contributed by atoms with E-state index in [0.29, 0.717) is 6.54 Å². The lowest BCUT2D eigenvalue weighted by Gasteiger charge is -2.21. The molecule has 1 fully saturated rings. The van der Waals surface area contributed by atoms with Crippen LogP contribution in [0.3, 0.4) is 0 Å². The van der Waals surface area contributed by atoms with Crippen LogP contribution in [0, 0.1) is 10.1 Å². The third-order valence-electron chi connectivity index (χ3n) is 3.21. The Balaban J connectivity index is 2.34. The van der Waals surface area contributed by atoms with Crippen LogP contribution in [-0.2, 0) is 0 Å². The average Bonchev–Trinajstić information content (AvgIpc) is 2.75. The fourth-order valence-corrected chi connectivity index (χ4v) is 2.38. The Hall–Kier alpha value is -1.62. The number of nitro benzene ring substituents is 1. The molecule has 1 aliphatic heterocycles. The summed E-state index contributed by atoms with van der Waals surface area (Å²) in [5.74, 6) is -0.228. The number of carbonyl (C=O) groups excluding carboxylic acids is 1. The average molecular weight is 269 g/mol. The van der Waals surface area contributed by atoms with E-state index < -0.39 is 4.92 Å². The van der Waals surface area contributed by atoms with E-state index in [0.717, 1.165) is 12.8 Å². The summed E-state index contributed by atoms with van der Waals surface area (Å²) in [5.41, 5.74) is 0.0919. The normalized spacial score (nSPS) is 19.0. The largest absolute Gasteiger partial charge is 0.336 e. The molecule has 18 heavy (non-hydrogen) atoms. The predicted octanol–water partition coefficient (Wildman–Crippen LogP) is 2.87. The summed E-state index contributed by atoms with van der Waals surface area (Å²) in [6, 6.07) is 4.10. The summed E-state index contributed by atoms with van der Waals surface area (Å²) in [5, 5.41) is 11.0. The van der Waals surface area contributed by atoms with Gasteiger partial charge in [0.25, 0.3) is 11.6 Å². The van der Waals surface area contributed by atoms with Gasteiger partial charge in [-0.3, -0.25) is 14.9 Å². The molecule has 1 aromatic carbocycles. The van der Waals surface area contributed by atoms with Crippen LogP contribution in [0.25, 0.3) is 0 Å². The summed E-state index contributed by atoms with van der Waals surface area (Å²) in [4.78, 5) is 24.2. The van der Waals surface area contributed by atoms with Crippen molar-refractivity contribution in [3.8, 4) is 0 Å². The maximum Gasteiger partial charge on any atom is 0.270 e. The molecule has 0 aliphatic carbocycles. The van der Waals surface area contributed by atoms with Gasteiger partial charge in [0.2, 0.25) is 0 Å². The van der Waals surface area contributed by atoms with Crippen LogP contribution in [-0.4, -0.2) is 28.3 Å². The summed E-state index contributed by atoms with van der Waals surface area (Å²) in [7, 11) is 0. The van der Waals surface area contributed by atoms with Gasteiger partial charge in [0.1, 0.15) is 0 Å². The van der Waals surface area contributed by atoms with E-state index in [2.05, 4.69) is 0 Å². The number of nitro groups is 1. The Labute approximate surface area is 109 Å². The Morgan fingerprint density at radius 1 is 1.56 bits per heavy atom. The molecule has 0 saturated carbocycles. The Morgan fingerprint density at radius 3 is 2.83 bits per heavy atom. The molecule has 96 valence electrons. The topological polar surface area (TPSA) is 63.5 Å². The first-order valence-corrected chi connectivity index (χ1v) is 6.13. The zero-order valence-electron chi connectivity index (χ0n) is 9.93. The van der Waals surface area contributed by atoms with Crippen LogP contribution < -0.4 is 0 Å². The van der Waals surface area contributed by atoms with Crippen molar-refractivity contribution in [3.63, 3.8) is 0 Å². The monoisotopic (exact) mass is 268 g/mol. The lowest BCUT2D eigenvalue weighted by Crippen LogP contribution is -2.33. The number of likely N-dealkylation sites (tertiary alicyclic amines) is 1. The minimum absolute atomic E-state index is 0.116. The first-order chi connectivity index (χ1) is 8.50. The zero-order chi connectivity index (χ0) is 13.3. The van der Waals surface area contributed by atoms with Gasteiger partial charge in [0.05, 0.1) is 15.5 Å². The second-order valence-corrected chi connectivity index (χ2v) is 4.82. The third-order valence-corrected chi connectivity index (χ3v) is 3.53. The molecule has 5 nitrogen and oxygen atoms in total. The van der Waals surface area contributed by atoms with Gasteiger partial charge in [-0.1, -0.05) is 11.6 Å². The van der Waals surface area contributed by atoms with Gasteiger partial charge < -0.3 is 4.90 Å². The highest BCUT2D eigenvalue weighted by Gasteiger charge is 2.28. The number of halogens is 1. The zero-order valence-corrected chi connectivity index (χ0v) is 10.7. The first-order valence-electron chi connectivity index (χ1n) is 5.75. The van der Waals surface area contributed by atoms with E-state index in [4.69, 9.17) is 11.6 Å². The molecule has 1 aromatic rings. The van der Waals surface area contributed by atoms with Crippen LogP contribution in [0.4, 0.5) is 5.69 Å². The Bertz CT molecular complexity index is 504. The number of hydrogen-bond donors (Lipinski definition) is 0. The molecule has 0 bridgehead atoms. The van der Waals surface area contributed by atoms with Crippen molar-refractivity contribution < 1.29 is 9.72 Å². The number of rotatable bonds is 2. The van der Waals surface area contributed by atoms with Crippen LogP contribution in [0.15, 0.2) is 18.2 Å². The quantitative estimate of drug-likeness (QED) is 0.612. The van der Waals surface area contributed by atoms with Crippen molar-refractivity contribution in [2.45, 2.75) is 25.8 Å². The molecular weight excluding hydrogens is 256 g/mol. The van der Waals surface area contributed by atoms with E-state index in [1.165, 1.54) is 18.2 Å². The summed E-state index contributed by atoms with van der Waals surface area (Å²) < 4.78 is 0. The van der Waals surface area contributed by atoms with E-state index >= 15 is 0 Å². The Kier molecular flexibility index (Phi) is 3.52. The fourth-order valence-electron chi connectivity index (χ4n) is 2.18. The first kappa shape index (κ1) is 12.8. The molecule has 1 atom stereocenters. The highest BCUT2D eigenvalue weighted by atomic mass is 35.5. The standard InChI is InChI=1S/C12H13ClN2O3/c1-8-3-2-6-14(8)12(16)10-7-9(15(17)18)4-5-11(10)13/h4-5,7-8H,2-3,6H2,1H3. The molecule has 1 saturated heterocycles. The molecule has 0 N–H and O–H groups in total. The second-order valence-electron chi connectivity index (χ2n) is 4.41. The second kappa shape index (κ2) is 4.94. The van der Waals surface area contributed by atoms with Gasteiger partial charge in [0, 0.05) is 24.7 Å². The number of benzene rings is 1. The van der Waals surface area contributed by atoms with Crippen molar-refractivity contribution in [2.75, 3.05) is 6.54 Å². The molecule has 1 unspecified atom stereocenters. The predicted molar refractivity (Wildman–Crippen MR) is 67.8 cm³/mol. The maximum absolute atomic E-state index is 12.3. The van der Waals surface area contributed by atoms with Crippen molar-refractivity contribution in [1.82, 2.24) is 4.90 Å². The molecule has 1 heterocycles. The van der Waals surface area contributed by atoms with E-state index in [1.807, 2.05) is 6.92 Å². The van der Waals surface area contributed by atoms with Crippen LogP contribution >= 0.6 is 11.6 Å².